The molecule has 6 rings (SSSR count). The van der Waals surface area contributed by atoms with E-state index in [1.165, 1.54) is 6.07 Å². The second-order valence-corrected chi connectivity index (χ2v) is 12.8. The van der Waals surface area contributed by atoms with Crippen molar-refractivity contribution in [2.45, 2.75) is 70.4 Å². The first-order chi connectivity index (χ1) is 20.4. The highest BCUT2D eigenvalue weighted by atomic mass is 32.2. The van der Waals surface area contributed by atoms with Crippen molar-refractivity contribution in [3.05, 3.63) is 71.4 Å². The van der Waals surface area contributed by atoms with Gasteiger partial charge in [-0.2, -0.15) is 16.9 Å². The van der Waals surface area contributed by atoms with Crippen molar-refractivity contribution in [3.8, 4) is 5.69 Å². The third-order valence-corrected chi connectivity index (χ3v) is 10.1. The topological polar surface area (TPSA) is 97.2 Å². The highest BCUT2D eigenvalue weighted by Crippen LogP contribution is 2.39. The van der Waals surface area contributed by atoms with Gasteiger partial charge in [0.05, 0.1) is 34.9 Å². The van der Waals surface area contributed by atoms with E-state index in [0.717, 1.165) is 67.6 Å². The summed E-state index contributed by atoms with van der Waals surface area (Å²) in [4.78, 5) is 46.7. The number of ketones is 1. The number of anilines is 1. The van der Waals surface area contributed by atoms with Gasteiger partial charge in [0.15, 0.2) is 5.78 Å². The molecule has 2 aliphatic heterocycles. The number of aromatic nitrogens is 3. The van der Waals surface area contributed by atoms with Crippen LogP contribution in [0.4, 0.5) is 10.2 Å². The van der Waals surface area contributed by atoms with Gasteiger partial charge in [-0.3, -0.25) is 19.3 Å². The summed E-state index contributed by atoms with van der Waals surface area (Å²) < 4.78 is 15.9. The third-order valence-electron chi connectivity index (χ3n) is 9.09. The number of carbonyl (C=O) groups is 3. The van der Waals surface area contributed by atoms with Crippen molar-refractivity contribution in [3.63, 3.8) is 0 Å². The number of nitrogens with zero attached hydrogens (tertiary/aromatic N) is 4. The minimum atomic E-state index is -0.561. The number of benzene rings is 1. The molecule has 4 heterocycles. The van der Waals surface area contributed by atoms with E-state index in [4.69, 9.17) is 0 Å². The first kappa shape index (κ1) is 28.6. The van der Waals surface area contributed by atoms with E-state index >= 15 is 0 Å². The van der Waals surface area contributed by atoms with Crippen molar-refractivity contribution < 1.29 is 18.8 Å². The van der Waals surface area contributed by atoms with Gasteiger partial charge < -0.3 is 5.32 Å². The average Bonchev–Trinajstić information content (AvgIpc) is 3.40. The zero-order chi connectivity index (χ0) is 29.2. The molecule has 42 heavy (non-hydrogen) atoms. The Morgan fingerprint density at radius 3 is 2.48 bits per heavy atom. The maximum atomic E-state index is 14.2. The molecule has 2 amide bonds. The van der Waals surface area contributed by atoms with Crippen LogP contribution in [0.5, 0.6) is 0 Å². The van der Waals surface area contributed by atoms with Crippen molar-refractivity contribution >= 4 is 35.2 Å². The van der Waals surface area contributed by atoms with Gasteiger partial charge in [0.2, 0.25) is 5.91 Å². The van der Waals surface area contributed by atoms with Gasteiger partial charge in [0.25, 0.3) is 5.91 Å². The summed E-state index contributed by atoms with van der Waals surface area (Å²) in [6, 6.07) is 10.9. The first-order valence-electron chi connectivity index (χ1n) is 14.9. The van der Waals surface area contributed by atoms with Crippen LogP contribution in [0.15, 0.2) is 48.8 Å². The average molecular weight is 590 g/mol. The lowest BCUT2D eigenvalue weighted by atomic mass is 9.74. The molecule has 0 bridgehead atoms. The predicted molar refractivity (Wildman–Crippen MR) is 161 cm³/mol. The quantitative estimate of drug-likeness (QED) is 0.421. The molecule has 0 spiro atoms. The lowest BCUT2D eigenvalue weighted by Gasteiger charge is -2.41. The number of rotatable bonds is 5. The van der Waals surface area contributed by atoms with E-state index in [-0.39, 0.29) is 53.5 Å². The molecule has 1 unspecified atom stereocenters. The summed E-state index contributed by atoms with van der Waals surface area (Å²) >= 11 is 1.87. The fourth-order valence-electron chi connectivity index (χ4n) is 6.78. The van der Waals surface area contributed by atoms with Crippen molar-refractivity contribution in [1.82, 2.24) is 20.1 Å². The zero-order valence-corrected chi connectivity index (χ0v) is 24.6. The number of halogens is 1. The molecule has 8 nitrogen and oxygen atoms in total. The third kappa shape index (κ3) is 5.73. The van der Waals surface area contributed by atoms with E-state index in [1.54, 1.807) is 15.8 Å². The highest BCUT2D eigenvalue weighted by Gasteiger charge is 2.41. The summed E-state index contributed by atoms with van der Waals surface area (Å²) in [6.45, 7) is 1.89. The first-order valence-corrected chi connectivity index (χ1v) is 16.1. The molecule has 1 aromatic carbocycles. The van der Waals surface area contributed by atoms with Crippen molar-refractivity contribution in [1.29, 1.82) is 0 Å². The van der Waals surface area contributed by atoms with Crippen LogP contribution in [0, 0.1) is 24.6 Å². The molecule has 0 radical (unpaired) electrons. The Balaban J connectivity index is 1.15. The van der Waals surface area contributed by atoms with Gasteiger partial charge in [-0.1, -0.05) is 18.2 Å². The van der Waals surface area contributed by atoms with E-state index in [2.05, 4.69) is 15.4 Å². The second kappa shape index (κ2) is 12.4. The van der Waals surface area contributed by atoms with Crippen LogP contribution in [-0.4, -0.2) is 56.0 Å². The van der Waals surface area contributed by atoms with Crippen LogP contribution in [-0.2, 0) is 4.79 Å². The molecule has 3 aromatic rings. The van der Waals surface area contributed by atoms with Crippen LogP contribution in [0.3, 0.4) is 0 Å². The predicted octanol–water partition coefficient (Wildman–Crippen LogP) is 5.52. The zero-order valence-electron chi connectivity index (χ0n) is 23.8. The van der Waals surface area contributed by atoms with E-state index in [1.807, 2.05) is 49.0 Å². The molecule has 10 heteroatoms. The molecule has 3 aliphatic rings. The molecule has 1 saturated heterocycles. The SMILES string of the molecule is Cc1c(C(=O)NC2CCC(C3CCC(=O)c4cc(F)cnc4N(C4CCSCC4)C3=O)CC2)cnn1-c1ccccc1. The molecule has 2 fully saturated rings. The van der Waals surface area contributed by atoms with Gasteiger partial charge in [-0.05, 0) is 87.5 Å². The van der Waals surface area contributed by atoms with Crippen LogP contribution < -0.4 is 10.2 Å². The van der Waals surface area contributed by atoms with Crippen LogP contribution in [0.1, 0.15) is 77.8 Å². The van der Waals surface area contributed by atoms with Gasteiger partial charge in [-0.15, -0.1) is 0 Å². The summed E-state index contributed by atoms with van der Waals surface area (Å²) in [6.07, 6.45) is 8.13. The van der Waals surface area contributed by atoms with E-state index < -0.39 is 5.82 Å². The van der Waals surface area contributed by atoms with E-state index in [9.17, 15) is 18.8 Å². The van der Waals surface area contributed by atoms with Gasteiger partial charge in [0.1, 0.15) is 11.6 Å². The number of para-hydroxylation sites is 1. The Hall–Kier alpha value is -3.53. The molecule has 1 aliphatic carbocycles. The Labute approximate surface area is 249 Å². The van der Waals surface area contributed by atoms with Crippen molar-refractivity contribution in [2.24, 2.45) is 11.8 Å². The summed E-state index contributed by atoms with van der Waals surface area (Å²) in [5, 5.41) is 7.62. The fourth-order valence-corrected chi connectivity index (χ4v) is 7.86. The maximum absolute atomic E-state index is 14.2. The minimum Gasteiger partial charge on any atom is -0.349 e. The number of thioether (sulfide) groups is 1. The molecule has 2 aromatic heterocycles. The molecule has 1 atom stereocenters. The monoisotopic (exact) mass is 589 g/mol. The highest BCUT2D eigenvalue weighted by molar-refractivity contribution is 7.99. The number of nitrogens with one attached hydrogen (secondary N) is 1. The summed E-state index contributed by atoms with van der Waals surface area (Å²) in [5.74, 6) is 1.18. The molecular formula is C32H36FN5O3S. The molecule has 1 saturated carbocycles. The molecular weight excluding hydrogens is 553 g/mol. The number of hydrogen-bond donors (Lipinski definition) is 1. The number of carbonyl (C=O) groups excluding carboxylic acids is 3. The normalized spacial score (nSPS) is 23.7. The lowest BCUT2D eigenvalue weighted by molar-refractivity contribution is -0.125. The standard InChI is InChI=1S/C32H36FN5O3S/c1-20-28(19-35-38(20)25-5-3-2-4-6-25)31(40)36-23-9-7-21(8-10-23)26-11-12-29(39)27-17-22(33)18-34-30(27)37(32(26)41)24-13-15-42-16-14-24/h2-6,17-19,21,23-24,26H,7-16H2,1H3,(H,36,40). The number of fused-ring (bicyclic) bond motifs is 1. The Bertz CT molecular complexity index is 1460. The smallest absolute Gasteiger partial charge is 0.254 e. The fraction of sp³-hybridized carbons (Fsp3) is 0.469. The van der Waals surface area contributed by atoms with Crippen LogP contribution in [0.2, 0.25) is 0 Å². The second-order valence-electron chi connectivity index (χ2n) is 11.6. The number of Topliss-reactive ketones (excluding diaryl/α,β-unsaturated/α-hetero) is 1. The molecule has 220 valence electrons. The largest absolute Gasteiger partial charge is 0.349 e. The van der Waals surface area contributed by atoms with E-state index in [0.29, 0.717) is 17.8 Å². The van der Waals surface area contributed by atoms with Crippen LogP contribution in [0.25, 0.3) is 5.69 Å². The maximum Gasteiger partial charge on any atom is 0.254 e. The lowest BCUT2D eigenvalue weighted by Crippen LogP contribution is -2.50. The summed E-state index contributed by atoms with van der Waals surface area (Å²) in [5.41, 5.74) is 2.46. The number of hydrogen-bond acceptors (Lipinski definition) is 6. The van der Waals surface area contributed by atoms with Gasteiger partial charge in [-0.25, -0.2) is 14.1 Å². The Morgan fingerprint density at radius 2 is 1.74 bits per heavy atom. The van der Waals surface area contributed by atoms with Gasteiger partial charge in [0, 0.05) is 24.4 Å². The van der Waals surface area contributed by atoms with Crippen molar-refractivity contribution in [2.75, 3.05) is 16.4 Å². The number of amides is 2. The Kier molecular flexibility index (Phi) is 8.42. The summed E-state index contributed by atoms with van der Waals surface area (Å²) in [7, 11) is 0. The van der Waals surface area contributed by atoms with Crippen LogP contribution >= 0.6 is 11.8 Å². The van der Waals surface area contributed by atoms with Gasteiger partial charge >= 0.3 is 0 Å². The number of pyridine rings is 1. The minimum absolute atomic E-state index is 0.00959. The Morgan fingerprint density at radius 1 is 1.00 bits per heavy atom. The molecule has 1 N–H and O–H groups in total.